The Hall–Kier alpha value is -1.11. The SMILES string of the molecule is CCC(=O)NCC1CCC(CNC(=O)C2CCS(=O)(=O)C2)CC1. The van der Waals surface area contributed by atoms with Crippen LogP contribution in [0.2, 0.25) is 0 Å². The van der Waals surface area contributed by atoms with E-state index in [2.05, 4.69) is 10.6 Å². The summed E-state index contributed by atoms with van der Waals surface area (Å²) in [7, 11) is -3.00. The molecule has 1 unspecified atom stereocenters. The fourth-order valence-electron chi connectivity index (χ4n) is 3.41. The average Bonchev–Trinajstić information content (AvgIpc) is 2.91. The maximum atomic E-state index is 12.0. The highest BCUT2D eigenvalue weighted by Gasteiger charge is 2.33. The minimum Gasteiger partial charge on any atom is -0.356 e. The zero-order valence-electron chi connectivity index (χ0n) is 13.8. The Bertz CT molecular complexity index is 524. The van der Waals surface area contributed by atoms with E-state index in [0.29, 0.717) is 31.2 Å². The topological polar surface area (TPSA) is 92.3 Å². The smallest absolute Gasteiger partial charge is 0.224 e. The lowest BCUT2D eigenvalue weighted by atomic mass is 9.82. The fourth-order valence-corrected chi connectivity index (χ4v) is 5.16. The molecule has 1 atom stereocenters. The standard InChI is InChI=1S/C16H28N2O4S/c1-2-15(19)17-9-12-3-5-13(6-4-12)10-18-16(20)14-7-8-23(21,22)11-14/h12-14H,2-11H2,1H3,(H,17,19)(H,18,20). The molecule has 2 fully saturated rings. The van der Waals surface area contributed by atoms with Gasteiger partial charge in [0.25, 0.3) is 0 Å². The van der Waals surface area contributed by atoms with Gasteiger partial charge in [-0.3, -0.25) is 9.59 Å². The van der Waals surface area contributed by atoms with Gasteiger partial charge in [0.05, 0.1) is 17.4 Å². The number of carbonyl (C=O) groups is 2. The van der Waals surface area contributed by atoms with Gasteiger partial charge in [-0.1, -0.05) is 6.92 Å². The number of hydrogen-bond acceptors (Lipinski definition) is 4. The van der Waals surface area contributed by atoms with Crippen molar-refractivity contribution < 1.29 is 18.0 Å². The van der Waals surface area contributed by atoms with Crippen LogP contribution in [0.15, 0.2) is 0 Å². The largest absolute Gasteiger partial charge is 0.356 e. The van der Waals surface area contributed by atoms with Crippen molar-refractivity contribution in [2.45, 2.75) is 45.4 Å². The second-order valence-corrected chi connectivity index (χ2v) is 9.12. The summed E-state index contributed by atoms with van der Waals surface area (Å²) in [6.45, 7) is 3.25. The first-order valence-corrected chi connectivity index (χ1v) is 10.5. The zero-order valence-corrected chi connectivity index (χ0v) is 14.7. The van der Waals surface area contributed by atoms with Crippen LogP contribution in [0.25, 0.3) is 0 Å². The summed E-state index contributed by atoms with van der Waals surface area (Å²) < 4.78 is 22.8. The summed E-state index contributed by atoms with van der Waals surface area (Å²) in [6.07, 6.45) is 5.23. The molecular weight excluding hydrogens is 316 g/mol. The molecule has 0 bridgehead atoms. The quantitative estimate of drug-likeness (QED) is 0.748. The first-order valence-electron chi connectivity index (χ1n) is 8.64. The van der Waals surface area contributed by atoms with Crippen LogP contribution in [-0.4, -0.2) is 44.8 Å². The van der Waals surface area contributed by atoms with E-state index in [9.17, 15) is 18.0 Å². The van der Waals surface area contributed by atoms with Gasteiger partial charge in [-0.05, 0) is 43.9 Å². The molecule has 0 aromatic rings. The second-order valence-electron chi connectivity index (χ2n) is 6.89. The van der Waals surface area contributed by atoms with Gasteiger partial charge < -0.3 is 10.6 Å². The van der Waals surface area contributed by atoms with Crippen LogP contribution in [0.1, 0.15) is 45.4 Å². The lowest BCUT2D eigenvalue weighted by molar-refractivity contribution is -0.124. The molecule has 7 heteroatoms. The van der Waals surface area contributed by atoms with E-state index in [4.69, 9.17) is 0 Å². The van der Waals surface area contributed by atoms with E-state index >= 15 is 0 Å². The van der Waals surface area contributed by atoms with Crippen LogP contribution in [0.4, 0.5) is 0 Å². The average molecular weight is 344 g/mol. The van der Waals surface area contributed by atoms with Crippen molar-refractivity contribution in [3.05, 3.63) is 0 Å². The highest BCUT2D eigenvalue weighted by atomic mass is 32.2. The summed E-state index contributed by atoms with van der Waals surface area (Å²) in [5.74, 6) is 0.782. The van der Waals surface area contributed by atoms with Crippen molar-refractivity contribution in [1.82, 2.24) is 10.6 Å². The first-order chi connectivity index (χ1) is 10.9. The minimum atomic E-state index is -3.00. The number of amides is 2. The third-order valence-corrected chi connectivity index (χ3v) is 6.81. The molecule has 0 aromatic heterocycles. The molecule has 2 aliphatic rings. The third-order valence-electron chi connectivity index (χ3n) is 5.04. The van der Waals surface area contributed by atoms with Crippen molar-refractivity contribution in [2.24, 2.45) is 17.8 Å². The zero-order chi connectivity index (χ0) is 16.9. The van der Waals surface area contributed by atoms with Gasteiger partial charge >= 0.3 is 0 Å². The predicted octanol–water partition coefficient (Wildman–Crippen LogP) is 0.870. The van der Waals surface area contributed by atoms with Gasteiger partial charge in [0.2, 0.25) is 11.8 Å². The Kier molecular flexibility index (Phi) is 6.44. The molecule has 1 saturated carbocycles. The number of rotatable bonds is 6. The predicted molar refractivity (Wildman–Crippen MR) is 88.5 cm³/mol. The lowest BCUT2D eigenvalue weighted by Crippen LogP contribution is -2.37. The normalized spacial score (nSPS) is 29.9. The summed E-state index contributed by atoms with van der Waals surface area (Å²) in [5, 5.41) is 5.88. The van der Waals surface area contributed by atoms with Gasteiger partial charge in [-0.2, -0.15) is 0 Å². The van der Waals surface area contributed by atoms with E-state index in [-0.39, 0.29) is 29.2 Å². The summed E-state index contributed by atoms with van der Waals surface area (Å²) in [6, 6.07) is 0. The summed E-state index contributed by atoms with van der Waals surface area (Å²) >= 11 is 0. The van der Waals surface area contributed by atoms with E-state index in [1.54, 1.807) is 0 Å². The number of nitrogens with one attached hydrogen (secondary N) is 2. The molecule has 0 radical (unpaired) electrons. The van der Waals surface area contributed by atoms with E-state index in [1.165, 1.54) is 0 Å². The molecule has 2 N–H and O–H groups in total. The van der Waals surface area contributed by atoms with E-state index in [0.717, 1.165) is 32.2 Å². The van der Waals surface area contributed by atoms with Crippen LogP contribution < -0.4 is 10.6 Å². The lowest BCUT2D eigenvalue weighted by Gasteiger charge is -2.29. The van der Waals surface area contributed by atoms with Gasteiger partial charge in [-0.25, -0.2) is 8.42 Å². The Morgan fingerprint density at radius 1 is 0.957 bits per heavy atom. The molecule has 1 saturated heterocycles. The number of sulfone groups is 1. The molecule has 0 spiro atoms. The van der Waals surface area contributed by atoms with Gasteiger partial charge in [0.1, 0.15) is 0 Å². The molecule has 2 rings (SSSR count). The van der Waals surface area contributed by atoms with Crippen molar-refractivity contribution in [3.63, 3.8) is 0 Å². The highest BCUT2D eigenvalue weighted by molar-refractivity contribution is 7.91. The summed E-state index contributed by atoms with van der Waals surface area (Å²) in [5.41, 5.74) is 0. The van der Waals surface area contributed by atoms with Gasteiger partial charge in [0, 0.05) is 19.5 Å². The molecule has 132 valence electrons. The molecule has 23 heavy (non-hydrogen) atoms. The maximum absolute atomic E-state index is 12.0. The van der Waals surface area contributed by atoms with Crippen molar-refractivity contribution in [2.75, 3.05) is 24.6 Å². The minimum absolute atomic E-state index is 0.00268. The van der Waals surface area contributed by atoms with Gasteiger partial charge in [-0.15, -0.1) is 0 Å². The third kappa shape index (κ3) is 5.79. The molecule has 1 heterocycles. The second kappa shape index (κ2) is 8.13. The highest BCUT2D eigenvalue weighted by Crippen LogP contribution is 2.28. The number of carbonyl (C=O) groups excluding carboxylic acids is 2. The maximum Gasteiger partial charge on any atom is 0.224 e. The van der Waals surface area contributed by atoms with E-state index in [1.807, 2.05) is 6.92 Å². The Morgan fingerprint density at radius 3 is 2.00 bits per heavy atom. The monoisotopic (exact) mass is 344 g/mol. The fraction of sp³-hybridized carbons (Fsp3) is 0.875. The van der Waals surface area contributed by atoms with Crippen LogP contribution in [0.3, 0.4) is 0 Å². The molecule has 1 aliphatic heterocycles. The molecule has 2 amide bonds. The Morgan fingerprint density at radius 2 is 1.52 bits per heavy atom. The first kappa shape index (κ1) is 18.2. The van der Waals surface area contributed by atoms with Crippen molar-refractivity contribution in [3.8, 4) is 0 Å². The Balaban J connectivity index is 1.63. The van der Waals surface area contributed by atoms with Gasteiger partial charge in [0.15, 0.2) is 9.84 Å². The van der Waals surface area contributed by atoms with Crippen molar-refractivity contribution >= 4 is 21.7 Å². The molecular formula is C16H28N2O4S. The van der Waals surface area contributed by atoms with Crippen molar-refractivity contribution in [1.29, 1.82) is 0 Å². The molecule has 1 aliphatic carbocycles. The molecule has 6 nitrogen and oxygen atoms in total. The van der Waals surface area contributed by atoms with Crippen LogP contribution in [0.5, 0.6) is 0 Å². The molecule has 0 aromatic carbocycles. The van der Waals surface area contributed by atoms with Crippen LogP contribution in [0, 0.1) is 17.8 Å². The van der Waals surface area contributed by atoms with E-state index < -0.39 is 9.84 Å². The van der Waals surface area contributed by atoms with Crippen LogP contribution in [-0.2, 0) is 19.4 Å². The Labute approximate surface area is 138 Å². The summed E-state index contributed by atoms with van der Waals surface area (Å²) in [4.78, 5) is 23.3. The van der Waals surface area contributed by atoms with Crippen LogP contribution >= 0.6 is 0 Å². The number of hydrogen-bond donors (Lipinski definition) is 2.